The second kappa shape index (κ2) is 9.14. The third-order valence-corrected chi connectivity index (χ3v) is 4.87. The molecule has 0 aliphatic rings. The van der Waals surface area contributed by atoms with Gasteiger partial charge in [0.05, 0.1) is 17.4 Å². The van der Waals surface area contributed by atoms with Crippen molar-refractivity contribution in [2.75, 3.05) is 11.1 Å². The number of anilines is 1. The summed E-state index contributed by atoms with van der Waals surface area (Å²) in [6, 6.07) is 15.9. The quantitative estimate of drug-likeness (QED) is 0.805. The molecule has 2 rings (SSSR count). The van der Waals surface area contributed by atoms with Crippen LogP contribution in [0.4, 0.5) is 5.69 Å². The van der Waals surface area contributed by atoms with Crippen LogP contribution in [0.15, 0.2) is 42.5 Å². The Morgan fingerprint density at radius 2 is 1.67 bits per heavy atom. The van der Waals surface area contributed by atoms with Crippen LogP contribution < -0.4 is 5.32 Å². The molecule has 124 valence electrons. The van der Waals surface area contributed by atoms with E-state index in [1.165, 1.54) is 22.9 Å². The van der Waals surface area contributed by atoms with E-state index in [1.54, 1.807) is 6.07 Å². The molecule has 2 aromatic carbocycles. The Bertz CT molecular complexity index is 727. The summed E-state index contributed by atoms with van der Waals surface area (Å²) >= 11 is 1.53. The molecular formula is C20H22N2OS. The molecule has 1 N–H and O–H groups in total. The summed E-state index contributed by atoms with van der Waals surface area (Å²) in [7, 11) is 0. The number of nitriles is 1. The summed E-state index contributed by atoms with van der Waals surface area (Å²) in [5.41, 5.74) is 4.95. The monoisotopic (exact) mass is 338 g/mol. The normalized spacial score (nSPS) is 10.2. The Balaban J connectivity index is 1.96. The number of benzene rings is 2. The van der Waals surface area contributed by atoms with Crippen LogP contribution >= 0.6 is 11.8 Å². The number of rotatable bonds is 7. The van der Waals surface area contributed by atoms with Crippen LogP contribution in [-0.2, 0) is 23.4 Å². The molecule has 0 atom stereocenters. The van der Waals surface area contributed by atoms with E-state index >= 15 is 0 Å². The Labute approximate surface area is 148 Å². The first-order chi connectivity index (χ1) is 11.7. The van der Waals surface area contributed by atoms with Gasteiger partial charge in [0, 0.05) is 11.4 Å². The first-order valence-electron chi connectivity index (χ1n) is 8.15. The predicted molar refractivity (Wildman–Crippen MR) is 101 cm³/mol. The van der Waals surface area contributed by atoms with E-state index in [1.807, 2.05) is 24.3 Å². The van der Waals surface area contributed by atoms with E-state index in [4.69, 9.17) is 5.26 Å². The molecular weight excluding hydrogens is 316 g/mol. The number of thioether (sulfide) groups is 1. The van der Waals surface area contributed by atoms with Crippen molar-refractivity contribution in [2.45, 2.75) is 32.4 Å². The van der Waals surface area contributed by atoms with Crippen LogP contribution in [0.1, 0.15) is 36.1 Å². The number of carbonyl (C=O) groups excluding carboxylic acids is 1. The summed E-state index contributed by atoms with van der Waals surface area (Å²) in [6.07, 6.45) is 1.79. The molecule has 24 heavy (non-hydrogen) atoms. The van der Waals surface area contributed by atoms with E-state index < -0.39 is 0 Å². The van der Waals surface area contributed by atoms with Crippen molar-refractivity contribution in [1.82, 2.24) is 0 Å². The molecule has 0 radical (unpaired) electrons. The van der Waals surface area contributed by atoms with Crippen LogP contribution in [0.3, 0.4) is 0 Å². The van der Waals surface area contributed by atoms with Crippen LogP contribution in [-0.4, -0.2) is 11.7 Å². The van der Waals surface area contributed by atoms with Gasteiger partial charge in [0.1, 0.15) is 0 Å². The highest BCUT2D eigenvalue weighted by Crippen LogP contribution is 2.23. The molecule has 0 heterocycles. The average molecular weight is 338 g/mol. The third kappa shape index (κ3) is 4.62. The average Bonchev–Trinajstić information content (AvgIpc) is 2.62. The largest absolute Gasteiger partial charge is 0.325 e. The molecule has 0 saturated heterocycles. The molecule has 0 bridgehead atoms. The summed E-state index contributed by atoms with van der Waals surface area (Å²) in [5, 5.41) is 12.2. The zero-order valence-corrected chi connectivity index (χ0v) is 15.0. The summed E-state index contributed by atoms with van der Waals surface area (Å²) < 4.78 is 0. The molecule has 3 nitrogen and oxygen atoms in total. The Morgan fingerprint density at radius 1 is 1.04 bits per heavy atom. The van der Waals surface area contributed by atoms with E-state index in [0.717, 1.165) is 24.1 Å². The van der Waals surface area contributed by atoms with Crippen LogP contribution in [0.5, 0.6) is 0 Å². The Kier molecular flexibility index (Phi) is 6.89. The van der Waals surface area contributed by atoms with E-state index in [2.05, 4.69) is 37.4 Å². The number of hydrogen-bond donors (Lipinski definition) is 1. The van der Waals surface area contributed by atoms with E-state index in [-0.39, 0.29) is 5.91 Å². The first-order valence-corrected chi connectivity index (χ1v) is 9.31. The minimum absolute atomic E-state index is 0.00467. The lowest BCUT2D eigenvalue weighted by Crippen LogP contribution is -2.17. The van der Waals surface area contributed by atoms with Crippen LogP contribution in [0.2, 0.25) is 0 Å². The van der Waals surface area contributed by atoms with Gasteiger partial charge in [-0.3, -0.25) is 4.79 Å². The van der Waals surface area contributed by atoms with Crippen molar-refractivity contribution in [3.05, 3.63) is 64.7 Å². The number of hydrogen-bond acceptors (Lipinski definition) is 3. The van der Waals surface area contributed by atoms with Gasteiger partial charge in [-0.2, -0.15) is 5.26 Å². The van der Waals surface area contributed by atoms with Crippen molar-refractivity contribution >= 4 is 23.4 Å². The fourth-order valence-electron chi connectivity index (χ4n) is 2.59. The SMILES string of the molecule is CCc1cccc(CC)c1NC(=O)CSCc1ccccc1C#N. The number of nitrogens with zero attached hydrogens (tertiary/aromatic N) is 1. The smallest absolute Gasteiger partial charge is 0.234 e. The van der Waals surface area contributed by atoms with Crippen molar-refractivity contribution < 1.29 is 4.79 Å². The summed E-state index contributed by atoms with van der Waals surface area (Å²) in [5.74, 6) is 1.04. The number of carbonyl (C=O) groups is 1. The second-order valence-corrected chi connectivity index (χ2v) is 6.45. The molecule has 0 aromatic heterocycles. The van der Waals surface area contributed by atoms with Gasteiger partial charge in [0.25, 0.3) is 0 Å². The molecule has 0 aliphatic heterocycles. The standard InChI is InChI=1S/C20H22N2OS/c1-3-15-10-7-11-16(4-2)20(15)22-19(23)14-24-13-18-9-6-5-8-17(18)12-21/h5-11H,3-4,13-14H2,1-2H3,(H,22,23). The molecule has 1 amide bonds. The lowest BCUT2D eigenvalue weighted by molar-refractivity contribution is -0.113. The second-order valence-electron chi connectivity index (χ2n) is 5.47. The van der Waals surface area contributed by atoms with Gasteiger partial charge in [-0.1, -0.05) is 50.2 Å². The number of aryl methyl sites for hydroxylation is 2. The maximum atomic E-state index is 12.3. The topological polar surface area (TPSA) is 52.9 Å². The number of amides is 1. The molecule has 0 spiro atoms. The minimum Gasteiger partial charge on any atom is -0.325 e. The van der Waals surface area contributed by atoms with Gasteiger partial charge < -0.3 is 5.32 Å². The lowest BCUT2D eigenvalue weighted by Gasteiger charge is -2.14. The highest BCUT2D eigenvalue weighted by molar-refractivity contribution is 7.99. The Hall–Kier alpha value is -2.25. The molecule has 0 saturated carbocycles. The van der Waals surface area contributed by atoms with Gasteiger partial charge in [-0.05, 0) is 35.6 Å². The molecule has 0 fully saturated rings. The minimum atomic E-state index is 0.00467. The zero-order valence-electron chi connectivity index (χ0n) is 14.1. The molecule has 4 heteroatoms. The number of para-hydroxylation sites is 1. The van der Waals surface area contributed by atoms with Gasteiger partial charge in [-0.15, -0.1) is 11.8 Å². The maximum absolute atomic E-state index is 12.3. The molecule has 0 aliphatic carbocycles. The van der Waals surface area contributed by atoms with Gasteiger partial charge >= 0.3 is 0 Å². The zero-order chi connectivity index (χ0) is 17.4. The van der Waals surface area contributed by atoms with Crippen molar-refractivity contribution in [3.63, 3.8) is 0 Å². The van der Waals surface area contributed by atoms with Gasteiger partial charge in [0.2, 0.25) is 5.91 Å². The summed E-state index contributed by atoms with van der Waals surface area (Å²) in [6.45, 7) is 4.19. The van der Waals surface area contributed by atoms with Crippen molar-refractivity contribution in [3.8, 4) is 6.07 Å². The lowest BCUT2D eigenvalue weighted by atomic mass is 10.0. The van der Waals surface area contributed by atoms with Gasteiger partial charge in [0.15, 0.2) is 0 Å². The summed E-state index contributed by atoms with van der Waals surface area (Å²) in [4.78, 5) is 12.3. The molecule has 0 unspecified atom stereocenters. The van der Waals surface area contributed by atoms with Gasteiger partial charge in [-0.25, -0.2) is 0 Å². The van der Waals surface area contributed by atoms with Crippen molar-refractivity contribution in [2.24, 2.45) is 0 Å². The predicted octanol–water partition coefficient (Wildman–Crippen LogP) is 4.55. The number of nitrogens with one attached hydrogen (secondary N) is 1. The maximum Gasteiger partial charge on any atom is 0.234 e. The van der Waals surface area contributed by atoms with E-state index in [0.29, 0.717) is 17.1 Å². The van der Waals surface area contributed by atoms with Crippen molar-refractivity contribution in [1.29, 1.82) is 5.26 Å². The van der Waals surface area contributed by atoms with Crippen LogP contribution in [0, 0.1) is 11.3 Å². The van der Waals surface area contributed by atoms with Crippen LogP contribution in [0.25, 0.3) is 0 Å². The highest BCUT2D eigenvalue weighted by atomic mass is 32.2. The highest BCUT2D eigenvalue weighted by Gasteiger charge is 2.10. The first kappa shape index (κ1) is 18.1. The third-order valence-electron chi connectivity index (χ3n) is 3.89. The fourth-order valence-corrected chi connectivity index (χ4v) is 3.42. The fraction of sp³-hybridized carbons (Fsp3) is 0.300. The van der Waals surface area contributed by atoms with E-state index in [9.17, 15) is 4.79 Å². The Morgan fingerprint density at radius 3 is 2.29 bits per heavy atom. The molecule has 2 aromatic rings.